The Kier molecular flexibility index (Phi) is 4.88. The monoisotopic (exact) mass is 339 g/mol. The first-order valence-electron chi connectivity index (χ1n) is 8.20. The van der Waals surface area contributed by atoms with Crippen molar-refractivity contribution in [3.8, 4) is 5.75 Å². The van der Waals surface area contributed by atoms with Gasteiger partial charge in [-0.05, 0) is 49.2 Å². The summed E-state index contributed by atoms with van der Waals surface area (Å²) in [5.74, 6) is 0.325. The minimum Gasteiger partial charge on any atom is -0.497 e. The Labute approximate surface area is 146 Å². The number of carbonyl (C=O) groups excluding carboxylic acids is 2. The summed E-state index contributed by atoms with van der Waals surface area (Å²) in [6.45, 7) is 0.549. The first kappa shape index (κ1) is 16.8. The van der Waals surface area contributed by atoms with Crippen LogP contribution in [-0.2, 0) is 4.79 Å². The smallest absolute Gasteiger partial charge is 0.256 e. The number of nitrogens with two attached hydrogens (primary N) is 1. The maximum Gasteiger partial charge on any atom is 0.256 e. The Morgan fingerprint density at radius 1 is 1.16 bits per heavy atom. The topological polar surface area (TPSA) is 84.7 Å². The molecule has 2 aromatic carbocycles. The van der Waals surface area contributed by atoms with E-state index >= 15 is 0 Å². The van der Waals surface area contributed by atoms with E-state index in [0.717, 1.165) is 12.2 Å². The number of rotatable bonds is 4. The molecule has 0 spiro atoms. The van der Waals surface area contributed by atoms with Crippen molar-refractivity contribution >= 4 is 23.2 Å². The van der Waals surface area contributed by atoms with Gasteiger partial charge in [-0.2, -0.15) is 0 Å². The quantitative estimate of drug-likeness (QED) is 0.838. The van der Waals surface area contributed by atoms with Crippen LogP contribution in [0.15, 0.2) is 48.5 Å². The number of amides is 2. The fourth-order valence-corrected chi connectivity index (χ4v) is 3.03. The van der Waals surface area contributed by atoms with Crippen LogP contribution in [0.5, 0.6) is 5.75 Å². The molecule has 0 bridgehead atoms. The molecule has 2 aromatic rings. The molecule has 1 heterocycles. The van der Waals surface area contributed by atoms with Gasteiger partial charge in [0.05, 0.1) is 12.7 Å². The lowest BCUT2D eigenvalue weighted by Crippen LogP contribution is -2.43. The number of hydrogen-bond donors (Lipinski definition) is 2. The number of ether oxygens (including phenoxy) is 1. The van der Waals surface area contributed by atoms with Crippen LogP contribution in [0.25, 0.3) is 0 Å². The van der Waals surface area contributed by atoms with Crippen molar-refractivity contribution in [2.45, 2.75) is 18.9 Å². The highest BCUT2D eigenvalue weighted by Crippen LogP contribution is 2.24. The largest absolute Gasteiger partial charge is 0.497 e. The van der Waals surface area contributed by atoms with Gasteiger partial charge in [0.25, 0.3) is 5.91 Å². The van der Waals surface area contributed by atoms with Crippen LogP contribution < -0.4 is 15.8 Å². The summed E-state index contributed by atoms with van der Waals surface area (Å²) in [4.78, 5) is 27.0. The van der Waals surface area contributed by atoms with Crippen molar-refractivity contribution in [3.63, 3.8) is 0 Å². The summed E-state index contributed by atoms with van der Waals surface area (Å²) in [5.41, 5.74) is 7.43. The van der Waals surface area contributed by atoms with E-state index < -0.39 is 6.04 Å². The Hall–Kier alpha value is -3.02. The van der Waals surface area contributed by atoms with Crippen molar-refractivity contribution in [2.75, 3.05) is 24.7 Å². The molecular formula is C19H21N3O3. The van der Waals surface area contributed by atoms with Gasteiger partial charge in [-0.25, -0.2) is 0 Å². The Morgan fingerprint density at radius 2 is 1.88 bits per heavy atom. The molecule has 0 saturated carbocycles. The number of anilines is 2. The maximum atomic E-state index is 12.8. The van der Waals surface area contributed by atoms with Crippen molar-refractivity contribution in [1.82, 2.24) is 4.90 Å². The lowest BCUT2D eigenvalue weighted by atomic mass is 10.1. The number of hydrogen-bond acceptors (Lipinski definition) is 4. The van der Waals surface area contributed by atoms with Gasteiger partial charge in [0, 0.05) is 17.9 Å². The van der Waals surface area contributed by atoms with Gasteiger partial charge in [0.15, 0.2) is 0 Å². The van der Waals surface area contributed by atoms with Gasteiger partial charge in [0.2, 0.25) is 5.91 Å². The van der Waals surface area contributed by atoms with Crippen LogP contribution in [0.3, 0.4) is 0 Å². The summed E-state index contributed by atoms with van der Waals surface area (Å²) < 4.78 is 5.11. The molecule has 0 aromatic heterocycles. The van der Waals surface area contributed by atoms with Crippen LogP contribution in [-0.4, -0.2) is 36.4 Å². The van der Waals surface area contributed by atoms with Gasteiger partial charge in [0.1, 0.15) is 11.8 Å². The number of methoxy groups -OCH3 is 1. The second-order valence-corrected chi connectivity index (χ2v) is 5.96. The van der Waals surface area contributed by atoms with E-state index in [2.05, 4.69) is 5.32 Å². The van der Waals surface area contributed by atoms with Gasteiger partial charge in [-0.15, -0.1) is 0 Å². The summed E-state index contributed by atoms with van der Waals surface area (Å²) >= 11 is 0. The highest BCUT2D eigenvalue weighted by molar-refractivity contribution is 6.03. The lowest BCUT2D eigenvalue weighted by Gasteiger charge is -2.24. The Bertz CT molecular complexity index is 774. The molecule has 3 rings (SSSR count). The molecule has 0 radical (unpaired) electrons. The van der Waals surface area contributed by atoms with E-state index in [4.69, 9.17) is 10.5 Å². The van der Waals surface area contributed by atoms with Gasteiger partial charge >= 0.3 is 0 Å². The first-order chi connectivity index (χ1) is 12.1. The van der Waals surface area contributed by atoms with E-state index in [9.17, 15) is 9.59 Å². The molecule has 25 heavy (non-hydrogen) atoms. The Balaban J connectivity index is 1.73. The average molecular weight is 339 g/mol. The van der Waals surface area contributed by atoms with E-state index in [1.165, 1.54) is 0 Å². The molecule has 6 nitrogen and oxygen atoms in total. The number of carbonyl (C=O) groups is 2. The lowest BCUT2D eigenvalue weighted by molar-refractivity contribution is -0.119. The molecule has 0 unspecified atom stereocenters. The molecule has 2 amide bonds. The van der Waals surface area contributed by atoms with E-state index in [-0.39, 0.29) is 11.8 Å². The van der Waals surface area contributed by atoms with Crippen molar-refractivity contribution in [3.05, 3.63) is 54.1 Å². The zero-order valence-corrected chi connectivity index (χ0v) is 14.1. The molecule has 1 atom stereocenters. The predicted octanol–water partition coefficient (Wildman–Crippen LogP) is 2.52. The fourth-order valence-electron chi connectivity index (χ4n) is 3.03. The van der Waals surface area contributed by atoms with Crippen LogP contribution in [0.2, 0.25) is 0 Å². The van der Waals surface area contributed by atoms with Crippen LogP contribution >= 0.6 is 0 Å². The van der Waals surface area contributed by atoms with Crippen molar-refractivity contribution < 1.29 is 14.3 Å². The molecule has 1 aliphatic heterocycles. The number of para-hydroxylation sites is 1. The van der Waals surface area contributed by atoms with Gasteiger partial charge < -0.3 is 20.7 Å². The van der Waals surface area contributed by atoms with Crippen LogP contribution in [0.1, 0.15) is 23.2 Å². The maximum absolute atomic E-state index is 12.8. The second kappa shape index (κ2) is 7.25. The third-order valence-electron chi connectivity index (χ3n) is 4.37. The highest BCUT2D eigenvalue weighted by atomic mass is 16.5. The molecular weight excluding hydrogens is 318 g/mol. The molecule has 1 fully saturated rings. The standard InChI is InChI=1S/C19H21N3O3/c1-25-14-10-8-13(9-11-14)21-18(23)17-7-4-12-22(17)19(24)15-5-2-3-6-16(15)20/h2-3,5-6,8-11,17H,4,7,12,20H2,1H3,(H,21,23)/t17-/m0/s1. The SMILES string of the molecule is COc1ccc(NC(=O)[C@@H]2CCCN2C(=O)c2ccccc2N)cc1. The third kappa shape index (κ3) is 3.57. The number of nitrogens with one attached hydrogen (secondary N) is 1. The number of nitrogen functional groups attached to an aromatic ring is 1. The normalized spacial score (nSPS) is 16.5. The molecule has 0 aliphatic carbocycles. The average Bonchev–Trinajstić information content (AvgIpc) is 3.12. The molecule has 1 aliphatic rings. The third-order valence-corrected chi connectivity index (χ3v) is 4.37. The van der Waals surface area contributed by atoms with Crippen molar-refractivity contribution in [1.29, 1.82) is 0 Å². The summed E-state index contributed by atoms with van der Waals surface area (Å²) in [6.07, 6.45) is 1.43. The first-order valence-corrected chi connectivity index (χ1v) is 8.20. The van der Waals surface area contributed by atoms with Crippen molar-refractivity contribution in [2.24, 2.45) is 0 Å². The van der Waals surface area contributed by atoms with Crippen LogP contribution in [0, 0.1) is 0 Å². The number of benzene rings is 2. The van der Waals surface area contributed by atoms with Crippen LogP contribution in [0.4, 0.5) is 11.4 Å². The summed E-state index contributed by atoms with van der Waals surface area (Å²) in [5, 5.41) is 2.87. The van der Waals surface area contributed by atoms with Gasteiger partial charge in [-0.3, -0.25) is 9.59 Å². The van der Waals surface area contributed by atoms with Gasteiger partial charge in [-0.1, -0.05) is 12.1 Å². The molecule has 6 heteroatoms. The Morgan fingerprint density at radius 3 is 2.56 bits per heavy atom. The molecule has 3 N–H and O–H groups in total. The number of likely N-dealkylation sites (tertiary alicyclic amines) is 1. The second-order valence-electron chi connectivity index (χ2n) is 5.96. The summed E-state index contributed by atoms with van der Waals surface area (Å²) in [7, 11) is 1.59. The summed E-state index contributed by atoms with van der Waals surface area (Å²) in [6, 6.07) is 13.5. The molecule has 1 saturated heterocycles. The minimum absolute atomic E-state index is 0.189. The van der Waals surface area contributed by atoms with E-state index in [1.54, 1.807) is 60.5 Å². The van der Waals surface area contributed by atoms with E-state index in [0.29, 0.717) is 29.9 Å². The fraction of sp³-hybridized carbons (Fsp3) is 0.263. The zero-order chi connectivity index (χ0) is 17.8. The molecule has 130 valence electrons. The predicted molar refractivity (Wildman–Crippen MR) is 96.5 cm³/mol. The minimum atomic E-state index is -0.491. The van der Waals surface area contributed by atoms with E-state index in [1.807, 2.05) is 0 Å². The zero-order valence-electron chi connectivity index (χ0n) is 14.1. The highest BCUT2D eigenvalue weighted by Gasteiger charge is 2.35. The number of nitrogens with zero attached hydrogens (tertiary/aromatic N) is 1.